The molecule has 0 spiro atoms. The molecule has 5 heteroatoms. The van der Waals surface area contributed by atoms with E-state index in [0.29, 0.717) is 19.4 Å². The number of carbonyl (C=O) groups is 1. The van der Waals surface area contributed by atoms with E-state index in [-0.39, 0.29) is 29.5 Å². The number of ether oxygens (including phenoxy) is 1. The van der Waals surface area contributed by atoms with Crippen molar-refractivity contribution < 1.29 is 19.7 Å². The lowest BCUT2D eigenvalue weighted by molar-refractivity contribution is -0.166. The molecule has 1 aliphatic rings. The maximum Gasteiger partial charge on any atom is 0.359 e. The van der Waals surface area contributed by atoms with Gasteiger partial charge in [-0.05, 0) is 62.4 Å². The molecule has 0 saturated heterocycles. The predicted octanol–water partition coefficient (Wildman–Crippen LogP) is 5.27. The van der Waals surface area contributed by atoms with Gasteiger partial charge in [0.1, 0.15) is 17.1 Å². The Labute approximate surface area is 178 Å². The number of aryl methyl sites for hydroxylation is 2. The van der Waals surface area contributed by atoms with Gasteiger partial charge >= 0.3 is 5.97 Å². The number of esters is 1. The summed E-state index contributed by atoms with van der Waals surface area (Å²) in [6.07, 6.45) is 1.56. The van der Waals surface area contributed by atoms with Crippen LogP contribution in [0.1, 0.15) is 44.7 Å². The van der Waals surface area contributed by atoms with Gasteiger partial charge in [-0.25, -0.2) is 4.79 Å². The van der Waals surface area contributed by atoms with E-state index in [2.05, 4.69) is 0 Å². The zero-order valence-corrected chi connectivity index (χ0v) is 18.2. The summed E-state index contributed by atoms with van der Waals surface area (Å²) in [5, 5.41) is 20.5. The quantitative estimate of drug-likeness (QED) is 0.610. The Hall–Kier alpha value is -2.95. The lowest BCUT2D eigenvalue weighted by Crippen LogP contribution is -2.47. The van der Waals surface area contributed by atoms with Crippen molar-refractivity contribution in [2.75, 3.05) is 11.4 Å². The number of phenolic OH excluding ortho intramolecular Hbond substituents is 1. The van der Waals surface area contributed by atoms with E-state index in [0.717, 1.165) is 16.8 Å². The molecule has 30 heavy (non-hydrogen) atoms. The topological polar surface area (TPSA) is 70.0 Å². The molecule has 1 aliphatic heterocycles. The van der Waals surface area contributed by atoms with E-state index < -0.39 is 11.6 Å². The Morgan fingerprint density at radius 1 is 1.07 bits per heavy atom. The highest BCUT2D eigenvalue weighted by Crippen LogP contribution is 2.40. The molecule has 0 bridgehead atoms. The number of aromatic hydroxyl groups is 1. The molecule has 2 N–H and O–H groups in total. The van der Waals surface area contributed by atoms with Gasteiger partial charge in [0.05, 0.1) is 0 Å². The maximum atomic E-state index is 13.1. The van der Waals surface area contributed by atoms with Crippen molar-refractivity contribution in [2.45, 2.75) is 52.6 Å². The number of carbonyl (C=O) groups excluding carboxylic acids is 1. The van der Waals surface area contributed by atoms with E-state index in [9.17, 15) is 15.0 Å². The van der Waals surface area contributed by atoms with Gasteiger partial charge in [-0.15, -0.1) is 0 Å². The normalized spacial score (nSPS) is 19.2. The van der Waals surface area contributed by atoms with Gasteiger partial charge in [0, 0.05) is 18.7 Å². The highest BCUT2D eigenvalue weighted by atomic mass is 16.6. The van der Waals surface area contributed by atoms with Crippen molar-refractivity contribution in [1.82, 2.24) is 0 Å². The number of anilines is 1. The first-order chi connectivity index (χ1) is 14.3. The van der Waals surface area contributed by atoms with Crippen LogP contribution in [0, 0.1) is 12.8 Å². The molecule has 0 fully saturated rings. The summed E-state index contributed by atoms with van der Waals surface area (Å²) in [6, 6.07) is 14.9. The molecule has 2 aromatic rings. The lowest BCUT2D eigenvalue weighted by Gasteiger charge is -2.42. The number of cyclic esters (lactones) is 1. The minimum Gasteiger partial charge on any atom is -0.510 e. The van der Waals surface area contributed by atoms with Crippen molar-refractivity contribution in [2.24, 2.45) is 5.92 Å². The van der Waals surface area contributed by atoms with E-state index in [1.165, 1.54) is 0 Å². The van der Waals surface area contributed by atoms with Crippen molar-refractivity contribution in [3.63, 3.8) is 0 Å². The van der Waals surface area contributed by atoms with E-state index in [1.54, 1.807) is 17.0 Å². The van der Waals surface area contributed by atoms with E-state index in [1.807, 2.05) is 64.1 Å². The van der Waals surface area contributed by atoms with Crippen LogP contribution in [0.4, 0.5) is 5.69 Å². The fourth-order valence-electron chi connectivity index (χ4n) is 3.98. The molecule has 1 heterocycles. The first-order valence-corrected chi connectivity index (χ1v) is 10.5. The minimum atomic E-state index is -0.769. The second-order valence-electron chi connectivity index (χ2n) is 8.33. The highest BCUT2D eigenvalue weighted by molar-refractivity contribution is 5.94. The summed E-state index contributed by atoms with van der Waals surface area (Å²) in [7, 11) is 0. The molecule has 0 saturated carbocycles. The molecule has 160 valence electrons. The average molecular weight is 410 g/mol. The van der Waals surface area contributed by atoms with Crippen molar-refractivity contribution in [1.29, 1.82) is 0 Å². The Morgan fingerprint density at radius 3 is 2.23 bits per heavy atom. The Kier molecular flexibility index (Phi) is 6.40. The maximum absolute atomic E-state index is 13.1. The lowest BCUT2D eigenvalue weighted by atomic mass is 9.79. The van der Waals surface area contributed by atoms with Gasteiger partial charge in [0.15, 0.2) is 5.70 Å². The van der Waals surface area contributed by atoms with Crippen LogP contribution in [0.25, 0.3) is 0 Å². The zero-order chi connectivity index (χ0) is 21.9. The van der Waals surface area contributed by atoms with Gasteiger partial charge in [0.2, 0.25) is 0 Å². The summed E-state index contributed by atoms with van der Waals surface area (Å²) in [4.78, 5) is 14.9. The molecule has 3 rings (SSSR count). The Bertz CT molecular complexity index is 915. The number of benzene rings is 2. The van der Waals surface area contributed by atoms with Crippen LogP contribution in [-0.4, -0.2) is 28.3 Å². The number of phenols is 1. The zero-order valence-electron chi connectivity index (χ0n) is 18.2. The van der Waals surface area contributed by atoms with Crippen LogP contribution in [-0.2, 0) is 16.0 Å². The van der Waals surface area contributed by atoms with Gasteiger partial charge in [-0.2, -0.15) is 0 Å². The molecule has 0 amide bonds. The minimum absolute atomic E-state index is 0.0386. The van der Waals surface area contributed by atoms with Gasteiger partial charge in [-0.1, -0.05) is 43.7 Å². The van der Waals surface area contributed by atoms with Crippen molar-refractivity contribution >= 4 is 11.7 Å². The van der Waals surface area contributed by atoms with Crippen LogP contribution in [0.3, 0.4) is 0 Å². The molecule has 0 aliphatic carbocycles. The van der Waals surface area contributed by atoms with Crippen molar-refractivity contribution in [3.05, 3.63) is 71.1 Å². The second-order valence-corrected chi connectivity index (χ2v) is 8.33. The smallest absolute Gasteiger partial charge is 0.359 e. The predicted molar refractivity (Wildman–Crippen MR) is 119 cm³/mol. The van der Waals surface area contributed by atoms with E-state index >= 15 is 0 Å². The molecular formula is C25H31NO4. The second kappa shape index (κ2) is 8.82. The molecule has 1 atom stereocenters. The van der Waals surface area contributed by atoms with Gasteiger partial charge in [0.25, 0.3) is 0 Å². The fraction of sp³-hybridized carbons (Fsp3) is 0.400. The molecule has 5 nitrogen and oxygen atoms in total. The molecular weight excluding hydrogens is 378 g/mol. The average Bonchev–Trinajstić information content (AvgIpc) is 2.71. The molecule has 0 aromatic heterocycles. The summed E-state index contributed by atoms with van der Waals surface area (Å²) in [5.41, 5.74) is 2.49. The Balaban J connectivity index is 1.87. The summed E-state index contributed by atoms with van der Waals surface area (Å²) < 4.78 is 6.04. The van der Waals surface area contributed by atoms with Crippen LogP contribution >= 0.6 is 0 Å². The monoisotopic (exact) mass is 409 g/mol. The third-order valence-corrected chi connectivity index (χ3v) is 5.99. The van der Waals surface area contributed by atoms with Crippen molar-refractivity contribution in [3.8, 4) is 5.75 Å². The summed E-state index contributed by atoms with van der Waals surface area (Å²) in [5.74, 6) is -0.146. The highest BCUT2D eigenvalue weighted by Gasteiger charge is 2.45. The largest absolute Gasteiger partial charge is 0.510 e. The molecule has 1 unspecified atom stereocenters. The summed E-state index contributed by atoms with van der Waals surface area (Å²) >= 11 is 0. The van der Waals surface area contributed by atoms with Crippen LogP contribution in [0.15, 0.2) is 60.0 Å². The first-order valence-electron chi connectivity index (χ1n) is 10.5. The third-order valence-electron chi connectivity index (χ3n) is 5.99. The fourth-order valence-corrected chi connectivity index (χ4v) is 3.98. The number of hydrogen-bond donors (Lipinski definition) is 2. The summed E-state index contributed by atoms with van der Waals surface area (Å²) in [6.45, 7) is 8.53. The van der Waals surface area contributed by atoms with E-state index in [4.69, 9.17) is 4.74 Å². The number of aliphatic hydroxyl groups is 1. The number of hydrogen-bond acceptors (Lipinski definition) is 5. The standard InChI is InChI=1S/C25H31NO4/c1-5-26(20-10-6-18(4)7-11-20)23-22(28)16-25(17(2)3,30-24(23)29)15-14-19-8-12-21(27)13-9-19/h6-13,17,27-28H,5,14-16H2,1-4H3. The van der Waals surface area contributed by atoms with Gasteiger partial charge < -0.3 is 19.8 Å². The number of nitrogens with zero attached hydrogens (tertiary/aromatic N) is 1. The molecule has 0 radical (unpaired) electrons. The number of aliphatic hydroxyl groups excluding tert-OH is 1. The SMILES string of the molecule is CCN(C1=C(O)CC(CCc2ccc(O)cc2)(C(C)C)OC1=O)c1ccc(C)cc1. The van der Waals surface area contributed by atoms with Crippen LogP contribution in [0.2, 0.25) is 0 Å². The van der Waals surface area contributed by atoms with Gasteiger partial charge in [-0.3, -0.25) is 0 Å². The third kappa shape index (κ3) is 4.45. The number of likely N-dealkylation sites (N-methyl/N-ethyl adjacent to an activating group) is 1. The van der Waals surface area contributed by atoms with Crippen LogP contribution in [0.5, 0.6) is 5.75 Å². The Morgan fingerprint density at radius 2 is 1.70 bits per heavy atom. The number of rotatable bonds is 7. The molecule has 2 aromatic carbocycles. The van der Waals surface area contributed by atoms with Crippen LogP contribution < -0.4 is 4.90 Å². The first kappa shape index (κ1) is 21.8.